The maximum absolute atomic E-state index is 14.3. The third kappa shape index (κ3) is 4.73. The Hall–Kier alpha value is -3.87. The minimum Gasteiger partial charge on any atom is -0.379 e. The highest BCUT2D eigenvalue weighted by atomic mass is 19.4. The molecule has 1 aromatic carbocycles. The molecule has 0 fully saturated rings. The van der Waals surface area contributed by atoms with Gasteiger partial charge < -0.3 is 14.9 Å². The van der Waals surface area contributed by atoms with E-state index in [4.69, 9.17) is 5.89 Å². The summed E-state index contributed by atoms with van der Waals surface area (Å²) in [6.45, 7) is -0.596. The monoisotopic (exact) mass is 481 g/mol. The Morgan fingerprint density at radius 1 is 1.18 bits per heavy atom. The van der Waals surface area contributed by atoms with Gasteiger partial charge in [-0.05, 0) is 19.1 Å². The maximum Gasteiger partial charge on any atom is 0.418 e. The van der Waals surface area contributed by atoms with Crippen LogP contribution in [0.3, 0.4) is 0 Å². The summed E-state index contributed by atoms with van der Waals surface area (Å²) in [5.41, 5.74) is -2.12. The predicted octanol–water partition coefficient (Wildman–Crippen LogP) is 4.05. The number of rotatable bonds is 7. The van der Waals surface area contributed by atoms with Gasteiger partial charge in [-0.3, -0.25) is 4.68 Å². The van der Waals surface area contributed by atoms with Gasteiger partial charge in [0.15, 0.2) is 23.1 Å². The molecule has 3 heterocycles. The molecule has 4 rings (SSSR count). The molecule has 1 atom stereocenters. The molecule has 0 spiro atoms. The lowest BCUT2D eigenvalue weighted by atomic mass is 10.1. The summed E-state index contributed by atoms with van der Waals surface area (Å²) in [6.07, 6.45) is -2.90. The Morgan fingerprint density at radius 3 is 2.65 bits per heavy atom. The minimum absolute atomic E-state index is 0.00614. The fourth-order valence-electron chi connectivity index (χ4n) is 2.90. The number of nitrogens with zero attached hydrogens (tertiary/aromatic N) is 5. The first kappa shape index (κ1) is 21.9. The van der Waals surface area contributed by atoms with Gasteiger partial charge in [-0.2, -0.15) is 18.3 Å². The average Bonchev–Trinajstić information content (AvgIpc) is 3.44. The summed E-state index contributed by atoms with van der Waals surface area (Å²) in [6, 6.07) is 6.88. The largest absolute Gasteiger partial charge is 0.418 e. The van der Waals surface area contributed by atoms with Gasteiger partial charge in [-0.15, -0.1) is 0 Å². The zero-order valence-electron chi connectivity index (χ0n) is 18.4. The topological polar surface area (TPSA) is 102 Å². The first-order valence-corrected chi connectivity index (χ1v) is 9.74. The van der Waals surface area contributed by atoms with Crippen LogP contribution in [0.5, 0.6) is 0 Å². The van der Waals surface area contributed by atoms with Crippen molar-refractivity contribution in [2.45, 2.75) is 25.2 Å². The zero-order chi connectivity index (χ0) is 25.4. The van der Waals surface area contributed by atoms with Crippen LogP contribution in [-0.4, -0.2) is 48.3 Å². The lowest BCUT2D eigenvalue weighted by Gasteiger charge is -2.26. The molecular weight excluding hydrogens is 463 g/mol. The molecule has 8 nitrogen and oxygen atoms in total. The van der Waals surface area contributed by atoms with E-state index in [1.54, 1.807) is 0 Å². The summed E-state index contributed by atoms with van der Waals surface area (Å²) < 4.78 is 81.0. The molecule has 34 heavy (non-hydrogen) atoms. The number of aliphatic hydroxyl groups is 1. The molecule has 2 N–H and O–H groups in total. The van der Waals surface area contributed by atoms with E-state index in [9.17, 15) is 27.1 Å². The van der Waals surface area contributed by atoms with Gasteiger partial charge in [0.1, 0.15) is 23.5 Å². The molecule has 3 aromatic heterocycles. The summed E-state index contributed by atoms with van der Waals surface area (Å²) in [5.74, 6) is -2.39. The fourth-order valence-corrected chi connectivity index (χ4v) is 2.90. The molecular formula is C21H17F5N6O2. The summed E-state index contributed by atoms with van der Waals surface area (Å²) in [5, 5.41) is 19.9. The first-order valence-electron chi connectivity index (χ1n) is 10.2. The Bertz CT molecular complexity index is 1340. The van der Waals surface area contributed by atoms with E-state index < -0.39 is 35.8 Å². The van der Waals surface area contributed by atoms with Gasteiger partial charge >= 0.3 is 6.18 Å². The van der Waals surface area contributed by atoms with Crippen molar-refractivity contribution < 1.29 is 33.0 Å². The molecule has 0 saturated heterocycles. The molecule has 0 saturated carbocycles. The van der Waals surface area contributed by atoms with Crippen molar-refractivity contribution in [1.29, 1.82) is 0 Å². The summed E-state index contributed by atoms with van der Waals surface area (Å²) >= 11 is 0. The lowest BCUT2D eigenvalue weighted by molar-refractivity contribution is -0.246. The third-order valence-corrected chi connectivity index (χ3v) is 4.88. The number of anilines is 1. The van der Waals surface area contributed by atoms with Crippen molar-refractivity contribution in [2.24, 2.45) is 0 Å². The molecule has 1 unspecified atom stereocenters. The minimum atomic E-state index is -4.95. The molecule has 0 amide bonds. The second-order valence-electron chi connectivity index (χ2n) is 7.49. The molecule has 0 radical (unpaired) electrons. The molecule has 0 bridgehead atoms. The van der Waals surface area contributed by atoms with Crippen molar-refractivity contribution in [3.05, 3.63) is 66.0 Å². The van der Waals surface area contributed by atoms with E-state index >= 15 is 0 Å². The number of hydrogen-bond donors (Lipinski definition) is 2. The normalized spacial score (nSPS) is 14.0. The van der Waals surface area contributed by atoms with Crippen LogP contribution in [-0.2, 0) is 6.54 Å². The van der Waals surface area contributed by atoms with Gasteiger partial charge in [-0.1, -0.05) is 23.3 Å². The predicted molar refractivity (Wildman–Crippen MR) is 109 cm³/mol. The van der Waals surface area contributed by atoms with E-state index in [-0.39, 0.29) is 29.7 Å². The quantitative estimate of drug-likeness (QED) is 0.384. The van der Waals surface area contributed by atoms with Crippen LogP contribution in [0.25, 0.3) is 22.9 Å². The standard InChI is InChI=1S/C21H17F5N6O2/c1-20(33,21(24,25)26)11-28-18-14(23)9-27-19(29-18)16-8-17(15-6-7-34-31-15)32(30-16)10-12-4-2-3-5-13(12)22/h2-9,33H,10-11H2,1H3,(H,27,28,29)/i3D. The highest BCUT2D eigenvalue weighted by Gasteiger charge is 2.49. The van der Waals surface area contributed by atoms with E-state index in [0.29, 0.717) is 18.3 Å². The van der Waals surface area contributed by atoms with Crippen LogP contribution in [0.4, 0.5) is 27.8 Å². The smallest absolute Gasteiger partial charge is 0.379 e. The molecule has 0 aliphatic heterocycles. The lowest BCUT2D eigenvalue weighted by Crippen LogP contribution is -2.47. The van der Waals surface area contributed by atoms with Crippen molar-refractivity contribution in [3.8, 4) is 22.9 Å². The van der Waals surface area contributed by atoms with Gasteiger partial charge in [-0.25, -0.2) is 18.7 Å². The number of hydrogen-bond acceptors (Lipinski definition) is 7. The third-order valence-electron chi connectivity index (χ3n) is 4.88. The van der Waals surface area contributed by atoms with Crippen LogP contribution in [0.1, 0.15) is 13.9 Å². The zero-order valence-corrected chi connectivity index (χ0v) is 17.4. The van der Waals surface area contributed by atoms with Crippen LogP contribution >= 0.6 is 0 Å². The Morgan fingerprint density at radius 2 is 1.97 bits per heavy atom. The van der Waals surface area contributed by atoms with Crippen molar-refractivity contribution in [1.82, 2.24) is 24.9 Å². The van der Waals surface area contributed by atoms with Crippen molar-refractivity contribution in [2.75, 3.05) is 11.9 Å². The van der Waals surface area contributed by atoms with Crippen LogP contribution in [0.15, 0.2) is 53.4 Å². The SMILES string of the molecule is [2H]c1ccc(Cn2nc(-c3ncc(F)c(NCC(C)(O)C(F)(F)F)n3)cc2-c2ccon2)c(F)c1. The first-order chi connectivity index (χ1) is 16.4. The van der Waals surface area contributed by atoms with Crippen molar-refractivity contribution >= 4 is 5.82 Å². The van der Waals surface area contributed by atoms with E-state index in [1.165, 1.54) is 35.2 Å². The number of halogens is 5. The van der Waals surface area contributed by atoms with E-state index in [2.05, 4.69) is 25.5 Å². The van der Waals surface area contributed by atoms with Crippen LogP contribution < -0.4 is 5.32 Å². The fraction of sp³-hybridized carbons (Fsp3) is 0.238. The molecule has 178 valence electrons. The number of aromatic nitrogens is 5. The van der Waals surface area contributed by atoms with E-state index in [0.717, 1.165) is 12.3 Å². The van der Waals surface area contributed by atoms with Gasteiger partial charge in [0.2, 0.25) is 0 Å². The maximum atomic E-state index is 14.3. The Balaban J connectivity index is 1.68. The average molecular weight is 481 g/mol. The summed E-state index contributed by atoms with van der Waals surface area (Å²) in [4.78, 5) is 7.75. The second-order valence-corrected chi connectivity index (χ2v) is 7.49. The number of alkyl halides is 3. The molecule has 13 heteroatoms. The van der Waals surface area contributed by atoms with Crippen LogP contribution in [0.2, 0.25) is 0 Å². The molecule has 0 aliphatic carbocycles. The Labute approximate surface area is 190 Å². The van der Waals surface area contributed by atoms with Gasteiger partial charge in [0, 0.05) is 11.6 Å². The van der Waals surface area contributed by atoms with Crippen molar-refractivity contribution in [3.63, 3.8) is 0 Å². The number of nitrogens with one attached hydrogen (secondary N) is 1. The molecule has 0 aliphatic rings. The van der Waals surface area contributed by atoms with Gasteiger partial charge in [0.05, 0.1) is 26.4 Å². The molecule has 4 aromatic rings. The van der Waals surface area contributed by atoms with Crippen LogP contribution in [0, 0.1) is 11.6 Å². The summed E-state index contributed by atoms with van der Waals surface area (Å²) in [7, 11) is 0. The Kier molecular flexibility index (Phi) is 5.69. The number of benzene rings is 1. The second kappa shape index (κ2) is 8.82. The van der Waals surface area contributed by atoms with E-state index in [1.807, 2.05) is 0 Å². The highest BCUT2D eigenvalue weighted by Crippen LogP contribution is 2.31. The van der Waals surface area contributed by atoms with Gasteiger partial charge in [0.25, 0.3) is 0 Å². The highest BCUT2D eigenvalue weighted by molar-refractivity contribution is 5.63.